The Morgan fingerprint density at radius 2 is 0.816 bits per heavy atom. The Balaban J connectivity index is 1.21. The second-order valence-electron chi connectivity index (χ2n) is 12.8. The van der Waals surface area contributed by atoms with Crippen LogP contribution in [-0.2, 0) is 0 Å². The summed E-state index contributed by atoms with van der Waals surface area (Å²) in [5.74, 6) is 0.849. The molecule has 11 rings (SSSR count). The van der Waals surface area contributed by atoms with Crippen molar-refractivity contribution in [3.05, 3.63) is 158 Å². The molecule has 0 amide bonds. The molecule has 0 unspecified atom stereocenters. The van der Waals surface area contributed by atoms with Crippen LogP contribution < -0.4 is 0 Å². The molecular weight excluding hydrogens is 601 g/mol. The van der Waals surface area contributed by atoms with Crippen molar-refractivity contribution in [1.29, 1.82) is 0 Å². The average molecular weight is 627 g/mol. The van der Waals surface area contributed by atoms with Gasteiger partial charge < -0.3 is 13.3 Å². The molecule has 0 spiro atoms. The highest BCUT2D eigenvalue weighted by Gasteiger charge is 2.21. The monoisotopic (exact) mass is 626 g/mol. The zero-order valence-corrected chi connectivity index (χ0v) is 26.2. The molecule has 0 aliphatic heterocycles. The van der Waals surface area contributed by atoms with E-state index < -0.39 is 0 Å². The van der Waals surface area contributed by atoms with E-state index in [1.807, 2.05) is 42.5 Å². The molecule has 0 atom stereocenters. The Bertz CT molecular complexity index is 3040. The molecule has 0 fully saturated rings. The number of hydrogen-bond acceptors (Lipinski definition) is 3. The number of benzene rings is 8. The van der Waals surface area contributed by atoms with Crippen LogP contribution >= 0.6 is 0 Å². The quantitative estimate of drug-likeness (QED) is 0.183. The van der Waals surface area contributed by atoms with E-state index >= 15 is 0 Å². The van der Waals surface area contributed by atoms with Gasteiger partial charge >= 0.3 is 0 Å². The lowest BCUT2D eigenvalue weighted by Gasteiger charge is -2.18. The van der Waals surface area contributed by atoms with Crippen molar-refractivity contribution in [1.82, 2.24) is 0 Å². The Hall–Kier alpha value is -6.58. The lowest BCUT2D eigenvalue weighted by atomic mass is 9.84. The van der Waals surface area contributed by atoms with Crippen molar-refractivity contribution in [2.24, 2.45) is 0 Å². The summed E-state index contributed by atoms with van der Waals surface area (Å²) < 4.78 is 19.1. The molecule has 8 aromatic carbocycles. The van der Waals surface area contributed by atoms with Gasteiger partial charge in [0.05, 0.1) is 0 Å². The maximum atomic E-state index is 6.44. The van der Waals surface area contributed by atoms with Crippen LogP contribution in [0.5, 0.6) is 0 Å². The third-order valence-electron chi connectivity index (χ3n) is 10.1. The van der Waals surface area contributed by atoms with Crippen LogP contribution in [0.1, 0.15) is 0 Å². The maximum absolute atomic E-state index is 6.44. The van der Waals surface area contributed by atoms with E-state index in [1.54, 1.807) is 0 Å². The molecule has 0 N–H and O–H groups in total. The van der Waals surface area contributed by atoms with E-state index in [9.17, 15) is 0 Å². The smallest absolute Gasteiger partial charge is 0.136 e. The van der Waals surface area contributed by atoms with Crippen molar-refractivity contribution >= 4 is 76.4 Å². The van der Waals surface area contributed by atoms with Gasteiger partial charge in [0.15, 0.2) is 0 Å². The van der Waals surface area contributed by atoms with E-state index in [0.29, 0.717) is 0 Å². The first-order valence-electron chi connectivity index (χ1n) is 16.6. The van der Waals surface area contributed by atoms with Gasteiger partial charge in [0.1, 0.15) is 33.7 Å². The SMILES string of the molecule is c1ccc(-c2cc3c(ccc4oc5ccc(-c6c7ccccc7c(-c7cccc8oc9ccccc9c78)c7ccccc67)cc5c43)o2)cc1. The summed E-state index contributed by atoms with van der Waals surface area (Å²) in [6.45, 7) is 0. The second-order valence-corrected chi connectivity index (χ2v) is 12.8. The summed E-state index contributed by atoms with van der Waals surface area (Å²) in [6, 6.07) is 55.4. The van der Waals surface area contributed by atoms with Crippen LogP contribution in [0.15, 0.2) is 171 Å². The van der Waals surface area contributed by atoms with Crippen molar-refractivity contribution in [2.75, 3.05) is 0 Å². The van der Waals surface area contributed by atoms with E-state index in [0.717, 1.165) is 71.7 Å². The zero-order valence-electron chi connectivity index (χ0n) is 26.2. The largest absolute Gasteiger partial charge is 0.456 e. The first-order valence-corrected chi connectivity index (χ1v) is 16.6. The van der Waals surface area contributed by atoms with E-state index in [-0.39, 0.29) is 0 Å². The van der Waals surface area contributed by atoms with Gasteiger partial charge in [0, 0.05) is 32.5 Å². The molecule has 11 aromatic rings. The fourth-order valence-electron chi connectivity index (χ4n) is 8.00. The molecule has 49 heavy (non-hydrogen) atoms. The number of para-hydroxylation sites is 1. The summed E-state index contributed by atoms with van der Waals surface area (Å²) in [6.07, 6.45) is 0. The topological polar surface area (TPSA) is 39.4 Å². The zero-order chi connectivity index (χ0) is 32.1. The molecule has 3 aromatic heterocycles. The number of rotatable bonds is 3. The van der Waals surface area contributed by atoms with Crippen LogP contribution in [0, 0.1) is 0 Å². The minimum atomic E-state index is 0.848. The average Bonchev–Trinajstić information content (AvgIpc) is 3.87. The minimum absolute atomic E-state index is 0.848. The predicted octanol–water partition coefficient (Wildman–Crippen LogP) is 13.5. The molecule has 3 heterocycles. The second kappa shape index (κ2) is 9.96. The van der Waals surface area contributed by atoms with Gasteiger partial charge in [-0.25, -0.2) is 0 Å². The summed E-state index contributed by atoms with van der Waals surface area (Å²) in [5, 5.41) is 10.3. The molecule has 0 aliphatic carbocycles. The summed E-state index contributed by atoms with van der Waals surface area (Å²) >= 11 is 0. The fraction of sp³-hybridized carbons (Fsp3) is 0. The maximum Gasteiger partial charge on any atom is 0.136 e. The highest BCUT2D eigenvalue weighted by atomic mass is 16.3. The van der Waals surface area contributed by atoms with Crippen molar-refractivity contribution in [3.63, 3.8) is 0 Å². The van der Waals surface area contributed by atoms with E-state index in [1.165, 1.54) is 38.2 Å². The Kier molecular flexibility index (Phi) is 5.38. The molecule has 0 radical (unpaired) electrons. The lowest BCUT2D eigenvalue weighted by Crippen LogP contribution is -1.91. The van der Waals surface area contributed by atoms with Crippen molar-refractivity contribution in [2.45, 2.75) is 0 Å². The molecule has 228 valence electrons. The van der Waals surface area contributed by atoms with Gasteiger partial charge in [-0.2, -0.15) is 0 Å². The molecule has 0 saturated heterocycles. The highest BCUT2D eigenvalue weighted by molar-refractivity contribution is 6.26. The Labute approximate surface area is 280 Å². The summed E-state index contributed by atoms with van der Waals surface area (Å²) in [7, 11) is 0. The van der Waals surface area contributed by atoms with E-state index in [4.69, 9.17) is 13.3 Å². The third-order valence-corrected chi connectivity index (χ3v) is 10.1. The first-order chi connectivity index (χ1) is 24.3. The van der Waals surface area contributed by atoms with Gasteiger partial charge in [0.2, 0.25) is 0 Å². The normalized spacial score (nSPS) is 12.1. The number of hydrogen-bond donors (Lipinski definition) is 0. The van der Waals surface area contributed by atoms with Crippen LogP contribution in [-0.4, -0.2) is 0 Å². The van der Waals surface area contributed by atoms with Gasteiger partial charge in [-0.1, -0.05) is 115 Å². The van der Waals surface area contributed by atoms with Crippen molar-refractivity contribution in [3.8, 4) is 33.6 Å². The van der Waals surface area contributed by atoms with Gasteiger partial charge in [-0.3, -0.25) is 0 Å². The van der Waals surface area contributed by atoms with Crippen LogP contribution in [0.4, 0.5) is 0 Å². The molecule has 3 nitrogen and oxygen atoms in total. The summed E-state index contributed by atoms with van der Waals surface area (Å²) in [5.41, 5.74) is 10.2. The fourth-order valence-corrected chi connectivity index (χ4v) is 8.00. The van der Waals surface area contributed by atoms with E-state index in [2.05, 4.69) is 115 Å². The lowest BCUT2D eigenvalue weighted by molar-refractivity contribution is 0.631. The standard InChI is InChI=1S/C46H26O3/c1-2-11-27(12-3-1)42-26-36-39(49-42)23-24-41-46(36)35-25-28(21-22-38(35)48-41)43-29-13-4-6-15-31(29)44(32-16-7-5-14-30(32)43)34-18-10-20-40-45(34)33-17-8-9-19-37(33)47-40/h1-26H. The summed E-state index contributed by atoms with van der Waals surface area (Å²) in [4.78, 5) is 0. The molecular formula is C46H26O3. The van der Waals surface area contributed by atoms with Crippen molar-refractivity contribution < 1.29 is 13.3 Å². The molecule has 0 aliphatic rings. The number of furan rings is 3. The number of fused-ring (bicyclic) bond motifs is 10. The highest BCUT2D eigenvalue weighted by Crippen LogP contribution is 2.48. The van der Waals surface area contributed by atoms with Gasteiger partial charge in [0.25, 0.3) is 0 Å². The molecule has 0 saturated carbocycles. The third kappa shape index (κ3) is 3.78. The Morgan fingerprint density at radius 1 is 0.286 bits per heavy atom. The molecule has 0 bridgehead atoms. The van der Waals surface area contributed by atoms with Crippen LogP contribution in [0.25, 0.3) is 110 Å². The molecule has 3 heteroatoms. The van der Waals surface area contributed by atoms with Crippen LogP contribution in [0.2, 0.25) is 0 Å². The van der Waals surface area contributed by atoms with Gasteiger partial charge in [-0.05, 0) is 86.3 Å². The Morgan fingerprint density at radius 3 is 1.57 bits per heavy atom. The minimum Gasteiger partial charge on any atom is -0.456 e. The van der Waals surface area contributed by atoms with Crippen LogP contribution in [0.3, 0.4) is 0 Å². The first kappa shape index (κ1) is 26.5. The van der Waals surface area contributed by atoms with Gasteiger partial charge in [-0.15, -0.1) is 0 Å². The predicted molar refractivity (Wildman–Crippen MR) is 202 cm³/mol.